The zero-order chi connectivity index (χ0) is 18.7. The van der Waals surface area contributed by atoms with Crippen molar-refractivity contribution >= 4 is 23.7 Å². The smallest absolute Gasteiger partial charge is 0.319 e. The Morgan fingerprint density at radius 2 is 2.04 bits per heavy atom. The number of amides is 3. The van der Waals surface area contributed by atoms with Crippen molar-refractivity contribution in [1.29, 1.82) is 0 Å². The van der Waals surface area contributed by atoms with Crippen molar-refractivity contribution in [1.82, 2.24) is 14.7 Å². The van der Waals surface area contributed by atoms with Crippen LogP contribution in [0.4, 0.5) is 4.79 Å². The van der Waals surface area contributed by atoms with Gasteiger partial charge in [-0.05, 0) is 37.0 Å². The van der Waals surface area contributed by atoms with Crippen molar-refractivity contribution in [2.24, 2.45) is 5.92 Å². The molecule has 0 spiro atoms. The molecule has 3 amide bonds. The molecule has 2 atom stereocenters. The first-order valence-electron chi connectivity index (χ1n) is 9.00. The molecule has 0 aromatic heterocycles. The van der Waals surface area contributed by atoms with Gasteiger partial charge in [-0.15, -0.1) is 11.8 Å². The maximum Gasteiger partial charge on any atom is 0.319 e. The molecule has 0 radical (unpaired) electrons. The van der Waals surface area contributed by atoms with Gasteiger partial charge < -0.3 is 19.4 Å². The average Bonchev–Trinajstić information content (AvgIpc) is 2.97. The minimum Gasteiger partial charge on any atom is -0.497 e. The lowest BCUT2D eigenvalue weighted by Gasteiger charge is -2.36. The minimum absolute atomic E-state index is 0.0435. The maximum absolute atomic E-state index is 12.8. The monoisotopic (exact) mass is 377 g/mol. The summed E-state index contributed by atoms with van der Waals surface area (Å²) in [6.07, 6.45) is 2.08. The number of piperidine rings is 1. The average molecular weight is 378 g/mol. The highest BCUT2D eigenvalue weighted by molar-refractivity contribution is 8.00. The first kappa shape index (κ1) is 18.9. The molecule has 6 nitrogen and oxygen atoms in total. The van der Waals surface area contributed by atoms with Crippen LogP contribution < -0.4 is 4.74 Å². The van der Waals surface area contributed by atoms with E-state index in [0.717, 1.165) is 36.6 Å². The van der Waals surface area contributed by atoms with Crippen LogP contribution in [0.5, 0.6) is 5.75 Å². The third-order valence-corrected chi connectivity index (χ3v) is 6.07. The van der Waals surface area contributed by atoms with Crippen LogP contribution in [0.3, 0.4) is 0 Å². The molecule has 0 N–H and O–H groups in total. The largest absolute Gasteiger partial charge is 0.497 e. The van der Waals surface area contributed by atoms with Gasteiger partial charge in [0.1, 0.15) is 5.75 Å². The zero-order valence-corrected chi connectivity index (χ0v) is 16.5. The van der Waals surface area contributed by atoms with Crippen molar-refractivity contribution in [3.05, 3.63) is 24.3 Å². The van der Waals surface area contributed by atoms with Crippen LogP contribution in [0.25, 0.3) is 0 Å². The fourth-order valence-electron chi connectivity index (χ4n) is 3.75. The molecular formula is C19H27N3O3S. The molecule has 3 aliphatic heterocycles. The number of fused-ring (bicyclic) bond motifs is 4. The highest BCUT2D eigenvalue weighted by atomic mass is 32.2. The Hall–Kier alpha value is -1.89. The third kappa shape index (κ3) is 4.26. The van der Waals surface area contributed by atoms with Gasteiger partial charge in [0.05, 0.1) is 12.9 Å². The highest BCUT2D eigenvalue weighted by Gasteiger charge is 2.38. The standard InChI is InChI=1S/C19H27N3O3S/c1-20(2)19(24)21-10-14-7-8-15(12-21)22(11-14)18(23)13-26-17-6-4-5-16(9-17)25-3/h4-6,9,14-15H,7-8,10-13H2,1-3H3/t14-,15+/m1/s1. The number of urea groups is 1. The number of methoxy groups -OCH3 is 1. The number of hydrogen-bond acceptors (Lipinski definition) is 4. The lowest BCUT2D eigenvalue weighted by Crippen LogP contribution is -2.49. The molecule has 142 valence electrons. The first-order chi connectivity index (χ1) is 12.5. The second-order valence-corrected chi connectivity index (χ2v) is 8.24. The Kier molecular flexibility index (Phi) is 5.96. The van der Waals surface area contributed by atoms with Gasteiger partial charge in [-0.25, -0.2) is 4.79 Å². The highest BCUT2D eigenvalue weighted by Crippen LogP contribution is 2.30. The molecule has 1 aromatic rings. The second kappa shape index (κ2) is 8.20. The molecular weight excluding hydrogens is 350 g/mol. The number of nitrogens with zero attached hydrogens (tertiary/aromatic N) is 3. The summed E-state index contributed by atoms with van der Waals surface area (Å²) in [5.41, 5.74) is 0. The van der Waals surface area contributed by atoms with Crippen molar-refractivity contribution in [3.8, 4) is 5.75 Å². The molecule has 1 aromatic carbocycles. The van der Waals surface area contributed by atoms with Crippen molar-refractivity contribution in [2.45, 2.75) is 23.8 Å². The van der Waals surface area contributed by atoms with Crippen LogP contribution >= 0.6 is 11.8 Å². The first-order valence-corrected chi connectivity index (χ1v) is 9.99. The number of benzene rings is 1. The molecule has 3 aliphatic rings. The van der Waals surface area contributed by atoms with Crippen LogP contribution in [0.1, 0.15) is 12.8 Å². The molecule has 2 bridgehead atoms. The van der Waals surface area contributed by atoms with Crippen LogP contribution in [-0.4, -0.2) is 79.3 Å². The predicted molar refractivity (Wildman–Crippen MR) is 103 cm³/mol. The van der Waals surface area contributed by atoms with Crippen LogP contribution in [0.15, 0.2) is 29.2 Å². The SMILES string of the molecule is COc1cccc(SCC(=O)N2C[C@@H]3CC[C@H]2CN(C(=O)N(C)C)C3)c1. The van der Waals surface area contributed by atoms with E-state index in [-0.39, 0.29) is 18.0 Å². The van der Waals surface area contributed by atoms with Crippen molar-refractivity contribution in [3.63, 3.8) is 0 Å². The number of carbonyl (C=O) groups excluding carboxylic acids is 2. The molecule has 4 rings (SSSR count). The Labute approximate surface area is 159 Å². The summed E-state index contributed by atoms with van der Waals surface area (Å²) in [4.78, 5) is 31.8. The maximum atomic E-state index is 12.8. The van der Waals surface area contributed by atoms with E-state index in [0.29, 0.717) is 18.2 Å². The quantitative estimate of drug-likeness (QED) is 0.756. The van der Waals surface area contributed by atoms with Gasteiger partial charge in [0, 0.05) is 44.7 Å². The van der Waals surface area contributed by atoms with Gasteiger partial charge in [-0.2, -0.15) is 0 Å². The summed E-state index contributed by atoms with van der Waals surface area (Å²) in [6, 6.07) is 7.95. The topological polar surface area (TPSA) is 53.1 Å². The van der Waals surface area contributed by atoms with Gasteiger partial charge >= 0.3 is 6.03 Å². The normalized spacial score (nSPS) is 22.1. The van der Waals surface area contributed by atoms with Gasteiger partial charge in [-0.1, -0.05) is 6.07 Å². The zero-order valence-electron chi connectivity index (χ0n) is 15.7. The lowest BCUT2D eigenvalue weighted by molar-refractivity contribution is -0.132. The number of rotatable bonds is 4. The Morgan fingerprint density at radius 3 is 2.77 bits per heavy atom. The minimum atomic E-state index is 0.0435. The van der Waals surface area contributed by atoms with Gasteiger partial charge in [0.15, 0.2) is 0 Å². The fraction of sp³-hybridized carbons (Fsp3) is 0.579. The summed E-state index contributed by atoms with van der Waals surface area (Å²) in [7, 11) is 5.20. The van der Waals surface area contributed by atoms with E-state index in [4.69, 9.17) is 4.74 Å². The molecule has 0 saturated carbocycles. The van der Waals surface area contributed by atoms with Crippen LogP contribution in [-0.2, 0) is 4.79 Å². The van der Waals surface area contributed by atoms with Gasteiger partial charge in [-0.3, -0.25) is 4.79 Å². The van der Waals surface area contributed by atoms with E-state index < -0.39 is 0 Å². The van der Waals surface area contributed by atoms with Crippen LogP contribution in [0, 0.1) is 5.92 Å². The molecule has 0 unspecified atom stereocenters. The number of hydrogen-bond donors (Lipinski definition) is 0. The number of carbonyl (C=O) groups is 2. The molecule has 7 heteroatoms. The van der Waals surface area contributed by atoms with E-state index >= 15 is 0 Å². The lowest BCUT2D eigenvalue weighted by atomic mass is 9.95. The molecule has 0 aliphatic carbocycles. The van der Waals surface area contributed by atoms with E-state index in [1.807, 2.05) is 34.1 Å². The summed E-state index contributed by atoms with van der Waals surface area (Å²) in [5, 5.41) is 0. The van der Waals surface area contributed by atoms with Gasteiger partial charge in [0.2, 0.25) is 5.91 Å². The third-order valence-electron chi connectivity index (χ3n) is 5.09. The van der Waals surface area contributed by atoms with E-state index in [2.05, 4.69) is 0 Å². The number of thioether (sulfide) groups is 1. The van der Waals surface area contributed by atoms with Crippen LogP contribution in [0.2, 0.25) is 0 Å². The Balaban J connectivity index is 1.62. The molecule has 3 saturated heterocycles. The molecule has 3 fully saturated rings. The Morgan fingerprint density at radius 1 is 1.23 bits per heavy atom. The van der Waals surface area contributed by atoms with E-state index in [9.17, 15) is 9.59 Å². The second-order valence-electron chi connectivity index (χ2n) is 7.19. The summed E-state index contributed by atoms with van der Waals surface area (Å²) < 4.78 is 5.24. The summed E-state index contributed by atoms with van der Waals surface area (Å²) in [5.74, 6) is 1.75. The number of ether oxygens (including phenoxy) is 1. The molecule has 26 heavy (non-hydrogen) atoms. The van der Waals surface area contributed by atoms with Crippen molar-refractivity contribution < 1.29 is 14.3 Å². The molecule has 3 heterocycles. The summed E-state index contributed by atoms with van der Waals surface area (Å²) in [6.45, 7) is 2.16. The summed E-state index contributed by atoms with van der Waals surface area (Å²) >= 11 is 1.54. The van der Waals surface area contributed by atoms with E-state index in [1.54, 1.807) is 26.1 Å². The predicted octanol–water partition coefficient (Wildman–Crippen LogP) is 2.39. The van der Waals surface area contributed by atoms with Gasteiger partial charge in [0.25, 0.3) is 0 Å². The van der Waals surface area contributed by atoms with E-state index in [1.165, 1.54) is 11.8 Å². The Bertz CT molecular complexity index is 667. The van der Waals surface area contributed by atoms with Crippen molar-refractivity contribution in [2.75, 3.05) is 46.6 Å². The fourth-order valence-corrected chi connectivity index (χ4v) is 4.58.